The first-order valence-corrected chi connectivity index (χ1v) is 8.22. The number of nitrogens with zero attached hydrogens (tertiary/aromatic N) is 1. The van der Waals surface area contributed by atoms with Gasteiger partial charge >= 0.3 is 12.3 Å². The van der Waals surface area contributed by atoms with Crippen LogP contribution in [0.25, 0.3) is 0 Å². The minimum Gasteiger partial charge on any atom is -0.444 e. The lowest BCUT2D eigenvalue weighted by molar-refractivity contribution is -0.138. The summed E-state index contributed by atoms with van der Waals surface area (Å²) in [5, 5.41) is 0. The van der Waals surface area contributed by atoms with Crippen molar-refractivity contribution in [2.24, 2.45) is 0 Å². The van der Waals surface area contributed by atoms with Gasteiger partial charge in [0.15, 0.2) is 0 Å². The van der Waals surface area contributed by atoms with Crippen molar-refractivity contribution in [3.8, 4) is 0 Å². The van der Waals surface area contributed by atoms with Crippen LogP contribution >= 0.6 is 0 Å². The molecule has 25 heavy (non-hydrogen) atoms. The van der Waals surface area contributed by atoms with Gasteiger partial charge in [0.25, 0.3) is 0 Å². The van der Waals surface area contributed by atoms with Crippen molar-refractivity contribution in [2.45, 2.75) is 57.5 Å². The highest BCUT2D eigenvalue weighted by atomic mass is 19.4. The Bertz CT molecular complexity index is 614. The van der Waals surface area contributed by atoms with E-state index in [1.807, 2.05) is 0 Å². The van der Waals surface area contributed by atoms with Gasteiger partial charge in [0.2, 0.25) is 0 Å². The van der Waals surface area contributed by atoms with E-state index in [0.717, 1.165) is 6.07 Å². The molecule has 1 fully saturated rings. The van der Waals surface area contributed by atoms with Gasteiger partial charge in [-0.1, -0.05) is 18.2 Å². The summed E-state index contributed by atoms with van der Waals surface area (Å²) in [7, 11) is 0. The van der Waals surface area contributed by atoms with Crippen molar-refractivity contribution >= 4 is 6.09 Å². The summed E-state index contributed by atoms with van der Waals surface area (Å²) in [6.45, 7) is 5.46. The van der Waals surface area contributed by atoms with Crippen LogP contribution in [-0.4, -0.2) is 35.4 Å². The van der Waals surface area contributed by atoms with Gasteiger partial charge in [-0.3, -0.25) is 0 Å². The van der Waals surface area contributed by atoms with Gasteiger partial charge in [-0.05, 0) is 45.2 Å². The Morgan fingerprint density at radius 2 is 1.72 bits per heavy atom. The molecule has 1 aliphatic heterocycles. The SMILES string of the molecule is CC(C)(C)OC(=O)N1CCC(F)(Cc2ccccc2C(F)(F)F)CC1. The zero-order chi connectivity index (χ0) is 18.9. The molecule has 7 heteroatoms. The van der Waals surface area contributed by atoms with Gasteiger partial charge in [-0.15, -0.1) is 0 Å². The number of amides is 1. The molecule has 0 atom stereocenters. The average molecular weight is 361 g/mol. The van der Waals surface area contributed by atoms with E-state index < -0.39 is 29.1 Å². The third kappa shape index (κ3) is 5.34. The summed E-state index contributed by atoms with van der Waals surface area (Å²) in [6, 6.07) is 5.05. The zero-order valence-corrected chi connectivity index (χ0v) is 14.6. The standard InChI is InChI=1S/C18H23F4NO2/c1-16(2,3)25-15(24)23-10-8-17(19,9-11-23)12-13-6-4-5-7-14(13)18(20,21)22/h4-7H,8-12H2,1-3H3. The summed E-state index contributed by atoms with van der Waals surface area (Å²) in [5.41, 5.74) is -3.27. The minimum absolute atomic E-state index is 0.0154. The molecule has 1 amide bonds. The number of hydrogen-bond donors (Lipinski definition) is 0. The Hall–Kier alpha value is -1.79. The molecule has 0 aliphatic carbocycles. The monoisotopic (exact) mass is 361 g/mol. The molecule has 0 bridgehead atoms. The molecule has 0 saturated carbocycles. The number of carbonyl (C=O) groups is 1. The predicted molar refractivity (Wildman–Crippen MR) is 86.0 cm³/mol. The number of benzene rings is 1. The molecule has 1 heterocycles. The van der Waals surface area contributed by atoms with Gasteiger partial charge in [-0.25, -0.2) is 9.18 Å². The fourth-order valence-electron chi connectivity index (χ4n) is 2.89. The second kappa shape index (κ2) is 6.84. The molecule has 3 nitrogen and oxygen atoms in total. The van der Waals surface area contributed by atoms with Crippen LogP contribution in [0.1, 0.15) is 44.7 Å². The maximum Gasteiger partial charge on any atom is 0.416 e. The molecule has 1 aromatic rings. The van der Waals surface area contributed by atoms with Gasteiger partial charge in [-0.2, -0.15) is 13.2 Å². The summed E-state index contributed by atoms with van der Waals surface area (Å²) in [5.74, 6) is 0. The third-order valence-electron chi connectivity index (χ3n) is 4.14. The highest BCUT2D eigenvalue weighted by molar-refractivity contribution is 5.68. The third-order valence-corrected chi connectivity index (χ3v) is 4.14. The Morgan fingerprint density at radius 3 is 2.24 bits per heavy atom. The fourth-order valence-corrected chi connectivity index (χ4v) is 2.89. The van der Waals surface area contributed by atoms with E-state index in [9.17, 15) is 18.0 Å². The van der Waals surface area contributed by atoms with Crippen LogP contribution in [-0.2, 0) is 17.3 Å². The van der Waals surface area contributed by atoms with Crippen LogP contribution in [0.2, 0.25) is 0 Å². The van der Waals surface area contributed by atoms with E-state index in [4.69, 9.17) is 4.74 Å². The molecular formula is C18H23F4NO2. The molecule has 1 aromatic carbocycles. The maximum absolute atomic E-state index is 15.1. The van der Waals surface area contributed by atoms with E-state index in [1.54, 1.807) is 20.8 Å². The van der Waals surface area contributed by atoms with Crippen LogP contribution in [0, 0.1) is 0 Å². The fraction of sp³-hybridized carbons (Fsp3) is 0.611. The molecular weight excluding hydrogens is 338 g/mol. The summed E-state index contributed by atoms with van der Waals surface area (Å²) < 4.78 is 59.5. The Morgan fingerprint density at radius 1 is 1.16 bits per heavy atom. The van der Waals surface area contributed by atoms with E-state index in [0.29, 0.717) is 0 Å². The van der Waals surface area contributed by atoms with Crippen molar-refractivity contribution in [3.05, 3.63) is 35.4 Å². The van der Waals surface area contributed by atoms with Crippen molar-refractivity contribution in [2.75, 3.05) is 13.1 Å². The van der Waals surface area contributed by atoms with Crippen molar-refractivity contribution in [3.63, 3.8) is 0 Å². The number of rotatable bonds is 2. The average Bonchev–Trinajstić information content (AvgIpc) is 2.45. The molecule has 1 saturated heterocycles. The van der Waals surface area contributed by atoms with Gasteiger partial charge in [0, 0.05) is 19.5 Å². The maximum atomic E-state index is 15.1. The zero-order valence-electron chi connectivity index (χ0n) is 14.6. The van der Waals surface area contributed by atoms with Crippen LogP contribution in [0.4, 0.5) is 22.4 Å². The van der Waals surface area contributed by atoms with Gasteiger partial charge < -0.3 is 9.64 Å². The smallest absolute Gasteiger partial charge is 0.416 e. The molecule has 0 unspecified atom stereocenters. The first kappa shape index (κ1) is 19.5. The lowest BCUT2D eigenvalue weighted by atomic mass is 9.85. The van der Waals surface area contributed by atoms with Gasteiger partial charge in [0.1, 0.15) is 11.3 Å². The second-order valence-corrected chi connectivity index (χ2v) is 7.45. The van der Waals surface area contributed by atoms with E-state index >= 15 is 4.39 Å². The molecule has 0 spiro atoms. The quantitative estimate of drug-likeness (QED) is 0.695. The topological polar surface area (TPSA) is 29.5 Å². The molecule has 140 valence electrons. The highest BCUT2D eigenvalue weighted by Gasteiger charge is 2.40. The van der Waals surface area contributed by atoms with E-state index in [1.165, 1.54) is 23.1 Å². The first-order chi connectivity index (χ1) is 11.4. The number of piperidine rings is 1. The highest BCUT2D eigenvalue weighted by Crippen LogP contribution is 2.37. The van der Waals surface area contributed by atoms with Crippen molar-refractivity contribution in [1.82, 2.24) is 4.90 Å². The minimum atomic E-state index is -4.51. The van der Waals surface area contributed by atoms with Crippen LogP contribution in [0.15, 0.2) is 24.3 Å². The number of halogens is 4. The summed E-state index contributed by atoms with van der Waals surface area (Å²) >= 11 is 0. The Labute approximate surface area is 145 Å². The molecule has 0 N–H and O–H groups in total. The Balaban J connectivity index is 2.03. The number of hydrogen-bond acceptors (Lipinski definition) is 2. The van der Waals surface area contributed by atoms with Crippen molar-refractivity contribution < 1.29 is 27.1 Å². The predicted octanol–water partition coefficient (Wildman–Crippen LogP) is 4.99. The summed E-state index contributed by atoms with van der Waals surface area (Å²) in [6.07, 6.45) is -5.38. The number of alkyl halides is 4. The van der Waals surface area contributed by atoms with Crippen molar-refractivity contribution in [1.29, 1.82) is 0 Å². The van der Waals surface area contributed by atoms with E-state index in [-0.39, 0.29) is 37.9 Å². The molecule has 0 aromatic heterocycles. The second-order valence-electron chi connectivity index (χ2n) is 7.45. The molecule has 0 radical (unpaired) electrons. The lowest BCUT2D eigenvalue weighted by Gasteiger charge is -2.37. The van der Waals surface area contributed by atoms with Crippen LogP contribution < -0.4 is 0 Å². The van der Waals surface area contributed by atoms with E-state index in [2.05, 4.69) is 0 Å². The molecule has 1 aliphatic rings. The number of ether oxygens (including phenoxy) is 1. The summed E-state index contributed by atoms with van der Waals surface area (Å²) in [4.78, 5) is 13.4. The van der Waals surface area contributed by atoms with Crippen LogP contribution in [0.5, 0.6) is 0 Å². The first-order valence-electron chi connectivity index (χ1n) is 8.22. The number of likely N-dealkylation sites (tertiary alicyclic amines) is 1. The normalized spacial score (nSPS) is 18.1. The largest absolute Gasteiger partial charge is 0.444 e. The van der Waals surface area contributed by atoms with Gasteiger partial charge in [0.05, 0.1) is 5.56 Å². The number of carbonyl (C=O) groups excluding carboxylic acids is 1. The van der Waals surface area contributed by atoms with Crippen LogP contribution in [0.3, 0.4) is 0 Å². The Kier molecular flexibility index (Phi) is 5.35. The lowest BCUT2D eigenvalue weighted by Crippen LogP contribution is -2.47. The molecule has 2 rings (SSSR count).